The smallest absolute Gasteiger partial charge is 0.0923 e. The Morgan fingerprint density at radius 1 is 1.44 bits per heavy atom. The van der Waals surface area contributed by atoms with Crippen molar-refractivity contribution in [3.05, 3.63) is 34.6 Å². The van der Waals surface area contributed by atoms with Crippen LogP contribution in [0.5, 0.6) is 0 Å². The first-order valence-electron chi connectivity index (χ1n) is 4.97. The lowest BCUT2D eigenvalue weighted by atomic mass is 9.99. The van der Waals surface area contributed by atoms with Gasteiger partial charge in [-0.15, -0.1) is 0 Å². The van der Waals surface area contributed by atoms with E-state index in [1.807, 2.05) is 12.1 Å². The summed E-state index contributed by atoms with van der Waals surface area (Å²) in [4.78, 5) is 8.56. The fraction of sp³-hybridized carbons (Fsp3) is 0.273. The summed E-state index contributed by atoms with van der Waals surface area (Å²) in [5.74, 6) is -0.0841. The molecule has 1 atom stereocenters. The molecular formula is C11H12BrN3O. The van der Waals surface area contributed by atoms with Crippen LogP contribution in [0.3, 0.4) is 0 Å². The van der Waals surface area contributed by atoms with E-state index in [1.54, 1.807) is 12.4 Å². The van der Waals surface area contributed by atoms with Gasteiger partial charge < -0.3 is 10.8 Å². The molecule has 0 radical (unpaired) electrons. The summed E-state index contributed by atoms with van der Waals surface area (Å²) in [6.45, 7) is 0.417. The van der Waals surface area contributed by atoms with Crippen molar-refractivity contribution in [3.63, 3.8) is 0 Å². The summed E-state index contributed by atoms with van der Waals surface area (Å²) in [5, 5.41) is 9.26. The lowest BCUT2D eigenvalue weighted by Crippen LogP contribution is -2.16. The van der Waals surface area contributed by atoms with E-state index in [4.69, 9.17) is 5.73 Å². The lowest BCUT2D eigenvalue weighted by molar-refractivity contribution is 0.268. The van der Waals surface area contributed by atoms with Gasteiger partial charge in [0, 0.05) is 29.3 Å². The molecule has 2 rings (SSSR count). The maximum atomic E-state index is 9.26. The van der Waals surface area contributed by atoms with Gasteiger partial charge in [-0.25, -0.2) is 0 Å². The average Bonchev–Trinajstić information content (AvgIpc) is 2.30. The zero-order valence-corrected chi connectivity index (χ0v) is 10.2. The topological polar surface area (TPSA) is 72.0 Å². The Kier molecular flexibility index (Phi) is 3.48. The largest absolute Gasteiger partial charge is 0.396 e. The number of aromatic nitrogens is 2. The van der Waals surface area contributed by atoms with Crippen LogP contribution in [-0.4, -0.2) is 28.2 Å². The van der Waals surface area contributed by atoms with Crippen LogP contribution in [0.2, 0.25) is 0 Å². The molecule has 0 fully saturated rings. The fourth-order valence-corrected chi connectivity index (χ4v) is 1.97. The Bertz CT molecular complexity index is 500. The number of aliphatic hydroxyl groups is 1. The second-order valence-corrected chi connectivity index (χ2v) is 4.45. The predicted octanol–water partition coefficient (Wildman–Crippen LogP) is 1.43. The molecular weight excluding hydrogens is 270 g/mol. The van der Waals surface area contributed by atoms with Crippen LogP contribution in [0.4, 0.5) is 0 Å². The third-order valence-electron chi connectivity index (χ3n) is 2.52. The van der Waals surface area contributed by atoms with Crippen LogP contribution in [-0.2, 0) is 0 Å². The second-order valence-electron chi connectivity index (χ2n) is 3.54. The highest BCUT2D eigenvalue weighted by Gasteiger charge is 2.13. The Morgan fingerprint density at radius 2 is 2.25 bits per heavy atom. The molecule has 2 heterocycles. The van der Waals surface area contributed by atoms with E-state index in [-0.39, 0.29) is 12.5 Å². The van der Waals surface area contributed by atoms with Crippen molar-refractivity contribution >= 4 is 27.0 Å². The molecule has 0 aliphatic carbocycles. The number of halogens is 1. The first-order chi connectivity index (χ1) is 7.76. The minimum atomic E-state index is -0.0841. The molecule has 4 nitrogen and oxygen atoms in total. The van der Waals surface area contributed by atoms with E-state index in [0.29, 0.717) is 6.54 Å². The minimum Gasteiger partial charge on any atom is -0.396 e. The summed E-state index contributed by atoms with van der Waals surface area (Å²) in [7, 11) is 0. The Labute approximate surface area is 102 Å². The van der Waals surface area contributed by atoms with Crippen molar-refractivity contribution < 1.29 is 5.11 Å². The SMILES string of the molecule is NCC(CO)c1ccnc2cc(Br)cnc12. The molecule has 0 saturated heterocycles. The van der Waals surface area contributed by atoms with Gasteiger partial charge in [0.2, 0.25) is 0 Å². The molecule has 0 saturated carbocycles. The monoisotopic (exact) mass is 281 g/mol. The van der Waals surface area contributed by atoms with Crippen LogP contribution in [0.15, 0.2) is 29.0 Å². The highest BCUT2D eigenvalue weighted by molar-refractivity contribution is 9.10. The average molecular weight is 282 g/mol. The van der Waals surface area contributed by atoms with Gasteiger partial charge in [-0.2, -0.15) is 0 Å². The Balaban J connectivity index is 2.61. The second kappa shape index (κ2) is 4.86. The zero-order chi connectivity index (χ0) is 11.5. The van der Waals surface area contributed by atoms with Gasteiger partial charge in [-0.3, -0.25) is 9.97 Å². The normalized spacial score (nSPS) is 12.9. The van der Waals surface area contributed by atoms with Crippen molar-refractivity contribution in [2.24, 2.45) is 5.73 Å². The van der Waals surface area contributed by atoms with Gasteiger partial charge >= 0.3 is 0 Å². The Morgan fingerprint density at radius 3 is 2.94 bits per heavy atom. The maximum Gasteiger partial charge on any atom is 0.0923 e. The molecule has 0 aliphatic rings. The summed E-state index contributed by atoms with van der Waals surface area (Å²) in [6, 6.07) is 3.76. The van der Waals surface area contributed by atoms with E-state index >= 15 is 0 Å². The summed E-state index contributed by atoms with van der Waals surface area (Å²) < 4.78 is 0.887. The van der Waals surface area contributed by atoms with Crippen molar-refractivity contribution in [1.82, 2.24) is 9.97 Å². The summed E-state index contributed by atoms with van der Waals surface area (Å²) >= 11 is 3.35. The van der Waals surface area contributed by atoms with Gasteiger partial charge in [0.15, 0.2) is 0 Å². The number of hydrogen-bond acceptors (Lipinski definition) is 4. The number of pyridine rings is 2. The third-order valence-corrected chi connectivity index (χ3v) is 2.95. The number of nitrogens with zero attached hydrogens (tertiary/aromatic N) is 2. The van der Waals surface area contributed by atoms with Gasteiger partial charge in [-0.05, 0) is 33.6 Å². The first-order valence-corrected chi connectivity index (χ1v) is 5.76. The molecule has 0 aliphatic heterocycles. The highest BCUT2D eigenvalue weighted by atomic mass is 79.9. The molecule has 2 aromatic heterocycles. The number of aliphatic hydroxyl groups excluding tert-OH is 1. The molecule has 84 valence electrons. The number of nitrogens with two attached hydrogens (primary N) is 1. The predicted molar refractivity (Wildman–Crippen MR) is 66.1 cm³/mol. The molecule has 0 amide bonds. The van der Waals surface area contributed by atoms with Crippen LogP contribution < -0.4 is 5.73 Å². The number of rotatable bonds is 3. The standard InChI is InChI=1S/C11H12BrN3O/c12-8-3-10-11(15-5-8)9(1-2-14-10)7(4-13)6-16/h1-3,5,7,16H,4,6,13H2. The van der Waals surface area contributed by atoms with E-state index in [2.05, 4.69) is 25.9 Å². The van der Waals surface area contributed by atoms with Gasteiger partial charge in [-0.1, -0.05) is 0 Å². The summed E-state index contributed by atoms with van der Waals surface area (Å²) in [5.41, 5.74) is 8.17. The third kappa shape index (κ3) is 2.07. The fourth-order valence-electron chi connectivity index (χ4n) is 1.66. The van der Waals surface area contributed by atoms with E-state index < -0.39 is 0 Å². The number of hydrogen-bond donors (Lipinski definition) is 2. The van der Waals surface area contributed by atoms with Crippen LogP contribution >= 0.6 is 15.9 Å². The molecule has 3 N–H and O–H groups in total. The van der Waals surface area contributed by atoms with E-state index in [1.165, 1.54) is 0 Å². The zero-order valence-electron chi connectivity index (χ0n) is 8.60. The quantitative estimate of drug-likeness (QED) is 0.893. The van der Waals surface area contributed by atoms with Crippen molar-refractivity contribution in [2.45, 2.75) is 5.92 Å². The molecule has 5 heteroatoms. The molecule has 0 aromatic carbocycles. The molecule has 16 heavy (non-hydrogen) atoms. The van der Waals surface area contributed by atoms with Crippen molar-refractivity contribution in [2.75, 3.05) is 13.2 Å². The Hall–Kier alpha value is -1.04. The van der Waals surface area contributed by atoms with E-state index in [9.17, 15) is 5.11 Å². The van der Waals surface area contributed by atoms with Crippen molar-refractivity contribution in [3.8, 4) is 0 Å². The van der Waals surface area contributed by atoms with Crippen LogP contribution in [0.1, 0.15) is 11.5 Å². The molecule has 0 spiro atoms. The minimum absolute atomic E-state index is 0.0212. The van der Waals surface area contributed by atoms with Gasteiger partial charge in [0.25, 0.3) is 0 Å². The summed E-state index contributed by atoms with van der Waals surface area (Å²) in [6.07, 6.45) is 3.43. The molecule has 1 unspecified atom stereocenters. The molecule has 2 aromatic rings. The van der Waals surface area contributed by atoms with E-state index in [0.717, 1.165) is 21.1 Å². The van der Waals surface area contributed by atoms with Gasteiger partial charge in [0.1, 0.15) is 0 Å². The number of fused-ring (bicyclic) bond motifs is 1. The van der Waals surface area contributed by atoms with Crippen molar-refractivity contribution in [1.29, 1.82) is 0 Å². The van der Waals surface area contributed by atoms with Gasteiger partial charge in [0.05, 0.1) is 17.6 Å². The van der Waals surface area contributed by atoms with Crippen LogP contribution in [0.25, 0.3) is 11.0 Å². The lowest BCUT2D eigenvalue weighted by Gasteiger charge is -2.13. The van der Waals surface area contributed by atoms with Crippen LogP contribution in [0, 0.1) is 0 Å². The highest BCUT2D eigenvalue weighted by Crippen LogP contribution is 2.23. The molecule has 0 bridgehead atoms. The maximum absolute atomic E-state index is 9.26. The first kappa shape index (κ1) is 11.4.